The van der Waals surface area contributed by atoms with Crippen molar-refractivity contribution in [2.45, 2.75) is 0 Å². The average Bonchev–Trinajstić information content (AvgIpc) is 3.29. The summed E-state index contributed by atoms with van der Waals surface area (Å²) >= 11 is 6.03. The normalized spacial score (nSPS) is 14.1. The summed E-state index contributed by atoms with van der Waals surface area (Å²) in [5, 5.41) is 5.53. The van der Waals surface area contributed by atoms with Gasteiger partial charge in [0.25, 0.3) is 0 Å². The van der Waals surface area contributed by atoms with Crippen molar-refractivity contribution in [3.05, 3.63) is 65.9 Å². The van der Waals surface area contributed by atoms with E-state index in [0.29, 0.717) is 11.5 Å². The molecule has 0 aliphatic carbocycles. The highest BCUT2D eigenvalue weighted by atomic mass is 35.5. The molecule has 7 nitrogen and oxygen atoms in total. The SMILES string of the molecule is COc1ccc(-c2cc3c(N4CCN(c5ccc(Cl)cc5)CC4)nccn3n2)cc1OC. The number of halogens is 1. The maximum atomic E-state index is 6.03. The van der Waals surface area contributed by atoms with Gasteiger partial charge in [-0.3, -0.25) is 0 Å². The van der Waals surface area contributed by atoms with Crippen LogP contribution in [-0.2, 0) is 0 Å². The summed E-state index contributed by atoms with van der Waals surface area (Å²) in [6.45, 7) is 3.60. The van der Waals surface area contributed by atoms with E-state index in [2.05, 4.69) is 28.0 Å². The zero-order valence-electron chi connectivity index (χ0n) is 18.0. The number of rotatable bonds is 5. The number of benzene rings is 2. The number of hydrogen-bond acceptors (Lipinski definition) is 6. The van der Waals surface area contributed by atoms with Gasteiger partial charge in [-0.25, -0.2) is 9.50 Å². The first-order valence-corrected chi connectivity index (χ1v) is 10.9. The van der Waals surface area contributed by atoms with Crippen molar-refractivity contribution in [3.63, 3.8) is 0 Å². The van der Waals surface area contributed by atoms with Gasteiger partial charge in [-0.1, -0.05) is 11.6 Å². The van der Waals surface area contributed by atoms with E-state index >= 15 is 0 Å². The number of hydrogen-bond donors (Lipinski definition) is 0. The van der Waals surface area contributed by atoms with Crippen LogP contribution in [0.2, 0.25) is 5.02 Å². The average molecular weight is 450 g/mol. The summed E-state index contributed by atoms with van der Waals surface area (Å²) in [7, 11) is 3.27. The second kappa shape index (κ2) is 8.59. The molecule has 1 aliphatic heterocycles. The first-order valence-electron chi connectivity index (χ1n) is 10.5. The highest BCUT2D eigenvalue weighted by Crippen LogP contribution is 2.33. The summed E-state index contributed by atoms with van der Waals surface area (Å²) in [5.41, 5.74) is 4.00. The van der Waals surface area contributed by atoms with Crippen LogP contribution in [0.25, 0.3) is 16.8 Å². The zero-order valence-corrected chi connectivity index (χ0v) is 18.8. The highest BCUT2D eigenvalue weighted by molar-refractivity contribution is 6.30. The summed E-state index contributed by atoms with van der Waals surface area (Å²) in [5.74, 6) is 2.32. The molecule has 0 bridgehead atoms. The van der Waals surface area contributed by atoms with Crippen LogP contribution in [0.5, 0.6) is 11.5 Å². The lowest BCUT2D eigenvalue weighted by atomic mass is 10.1. The van der Waals surface area contributed by atoms with Gasteiger partial charge in [0.1, 0.15) is 5.52 Å². The standard InChI is InChI=1S/C24H24ClN5O2/c1-31-22-8-3-17(15-23(22)32-2)20-16-21-24(26-9-10-30(21)27-20)29-13-11-28(12-14-29)19-6-4-18(25)5-7-19/h3-10,15-16H,11-14H2,1-2H3. The molecule has 0 amide bonds. The van der Waals surface area contributed by atoms with Crippen molar-refractivity contribution in [2.75, 3.05) is 50.2 Å². The third-order valence-electron chi connectivity index (χ3n) is 5.82. The summed E-state index contributed by atoms with van der Waals surface area (Å²) in [6.07, 6.45) is 3.69. The van der Waals surface area contributed by atoms with E-state index in [1.54, 1.807) is 20.4 Å². The number of aromatic nitrogens is 3. The molecular weight excluding hydrogens is 426 g/mol. The first kappa shape index (κ1) is 20.5. The quantitative estimate of drug-likeness (QED) is 0.450. The van der Waals surface area contributed by atoms with E-state index in [1.807, 2.05) is 41.0 Å². The summed E-state index contributed by atoms with van der Waals surface area (Å²) in [4.78, 5) is 9.39. The van der Waals surface area contributed by atoms with Gasteiger partial charge in [-0.2, -0.15) is 5.10 Å². The molecule has 1 aliphatic rings. The van der Waals surface area contributed by atoms with Gasteiger partial charge in [0, 0.05) is 54.8 Å². The number of anilines is 2. The Morgan fingerprint density at radius 2 is 1.56 bits per heavy atom. The van der Waals surface area contributed by atoms with Crippen LogP contribution in [0.4, 0.5) is 11.5 Å². The Morgan fingerprint density at radius 1 is 0.844 bits per heavy atom. The van der Waals surface area contributed by atoms with E-state index in [4.69, 9.17) is 31.2 Å². The number of nitrogens with zero attached hydrogens (tertiary/aromatic N) is 5. The molecule has 1 fully saturated rings. The number of fused-ring (bicyclic) bond motifs is 1. The molecule has 0 atom stereocenters. The molecule has 4 aromatic rings. The topological polar surface area (TPSA) is 55.1 Å². The molecule has 0 unspecified atom stereocenters. The van der Waals surface area contributed by atoms with E-state index in [0.717, 1.165) is 53.8 Å². The van der Waals surface area contributed by atoms with Crippen molar-refractivity contribution >= 4 is 28.6 Å². The Balaban J connectivity index is 1.40. The second-order valence-electron chi connectivity index (χ2n) is 7.63. The van der Waals surface area contributed by atoms with Gasteiger partial charge >= 0.3 is 0 Å². The number of ether oxygens (including phenoxy) is 2. The third kappa shape index (κ3) is 3.80. The third-order valence-corrected chi connectivity index (χ3v) is 6.07. The fourth-order valence-corrected chi connectivity index (χ4v) is 4.24. The smallest absolute Gasteiger partial charge is 0.161 e. The van der Waals surface area contributed by atoms with Gasteiger partial charge < -0.3 is 19.3 Å². The van der Waals surface area contributed by atoms with E-state index in [-0.39, 0.29) is 0 Å². The Morgan fingerprint density at radius 3 is 2.28 bits per heavy atom. The fraction of sp³-hybridized carbons (Fsp3) is 0.250. The van der Waals surface area contributed by atoms with Crippen LogP contribution < -0.4 is 19.3 Å². The second-order valence-corrected chi connectivity index (χ2v) is 8.07. The molecule has 164 valence electrons. The van der Waals surface area contributed by atoms with Crippen LogP contribution in [0.1, 0.15) is 0 Å². The minimum Gasteiger partial charge on any atom is -0.493 e. The number of methoxy groups -OCH3 is 2. The lowest BCUT2D eigenvalue weighted by Gasteiger charge is -2.36. The Hall–Kier alpha value is -3.45. The Bertz CT molecular complexity index is 1230. The summed E-state index contributed by atoms with van der Waals surface area (Å²) < 4.78 is 12.7. The Kier molecular flexibility index (Phi) is 5.49. The minimum atomic E-state index is 0.679. The maximum Gasteiger partial charge on any atom is 0.161 e. The molecule has 0 N–H and O–H groups in total. The van der Waals surface area contributed by atoms with Crippen LogP contribution in [0.3, 0.4) is 0 Å². The molecule has 8 heteroatoms. The van der Waals surface area contributed by atoms with Gasteiger partial charge in [-0.15, -0.1) is 0 Å². The molecule has 2 aromatic carbocycles. The number of piperazine rings is 1. The minimum absolute atomic E-state index is 0.679. The molecule has 0 spiro atoms. The van der Waals surface area contributed by atoms with Gasteiger partial charge in [-0.05, 0) is 48.5 Å². The highest BCUT2D eigenvalue weighted by Gasteiger charge is 2.21. The van der Waals surface area contributed by atoms with E-state index < -0.39 is 0 Å². The van der Waals surface area contributed by atoms with Crippen LogP contribution >= 0.6 is 11.6 Å². The van der Waals surface area contributed by atoms with Crippen molar-refractivity contribution in [3.8, 4) is 22.8 Å². The molecule has 5 rings (SSSR count). The zero-order chi connectivity index (χ0) is 22.1. The van der Waals surface area contributed by atoms with Crippen LogP contribution in [0.15, 0.2) is 60.9 Å². The molecule has 0 radical (unpaired) electrons. The van der Waals surface area contributed by atoms with Crippen molar-refractivity contribution in [2.24, 2.45) is 0 Å². The first-order chi connectivity index (χ1) is 15.7. The molecule has 32 heavy (non-hydrogen) atoms. The predicted molar refractivity (Wildman–Crippen MR) is 127 cm³/mol. The van der Waals surface area contributed by atoms with Crippen molar-refractivity contribution in [1.29, 1.82) is 0 Å². The van der Waals surface area contributed by atoms with Crippen LogP contribution in [-0.4, -0.2) is 55.0 Å². The maximum absolute atomic E-state index is 6.03. The van der Waals surface area contributed by atoms with E-state index in [9.17, 15) is 0 Å². The van der Waals surface area contributed by atoms with Crippen molar-refractivity contribution in [1.82, 2.24) is 14.6 Å². The monoisotopic (exact) mass is 449 g/mol. The molecule has 0 saturated carbocycles. The van der Waals surface area contributed by atoms with Gasteiger partial charge in [0.2, 0.25) is 0 Å². The predicted octanol–water partition coefficient (Wildman–Crippen LogP) is 4.39. The van der Waals surface area contributed by atoms with E-state index in [1.165, 1.54) is 5.69 Å². The Labute approximate surface area is 191 Å². The lowest BCUT2D eigenvalue weighted by molar-refractivity contribution is 0.355. The fourth-order valence-electron chi connectivity index (χ4n) is 4.12. The van der Waals surface area contributed by atoms with Gasteiger partial charge in [0.15, 0.2) is 17.3 Å². The lowest BCUT2D eigenvalue weighted by Crippen LogP contribution is -2.47. The molecule has 3 heterocycles. The van der Waals surface area contributed by atoms with Crippen molar-refractivity contribution < 1.29 is 9.47 Å². The molecular formula is C24H24ClN5O2. The van der Waals surface area contributed by atoms with Gasteiger partial charge in [0.05, 0.1) is 19.9 Å². The summed E-state index contributed by atoms with van der Waals surface area (Å²) in [6, 6.07) is 15.9. The van der Waals surface area contributed by atoms with Crippen LogP contribution in [0, 0.1) is 0 Å². The molecule has 1 saturated heterocycles. The molecule has 2 aromatic heterocycles. The largest absolute Gasteiger partial charge is 0.493 e.